The third-order valence-corrected chi connectivity index (χ3v) is 3.12. The minimum atomic E-state index is -4.55. The van der Waals surface area contributed by atoms with E-state index in [1.807, 2.05) is 0 Å². The van der Waals surface area contributed by atoms with Crippen LogP contribution in [0.3, 0.4) is 0 Å². The highest BCUT2D eigenvalue weighted by atomic mass is 79.9. The number of halogens is 4. The zero-order valence-corrected chi connectivity index (χ0v) is 10.7. The van der Waals surface area contributed by atoms with Gasteiger partial charge in [0.05, 0.1) is 11.7 Å². The monoisotopic (exact) mass is 328 g/mol. The molecule has 0 aliphatic carbocycles. The lowest BCUT2D eigenvalue weighted by atomic mass is 10.0. The van der Waals surface area contributed by atoms with Gasteiger partial charge >= 0.3 is 6.18 Å². The molecule has 0 aliphatic rings. The molecule has 0 saturated heterocycles. The van der Waals surface area contributed by atoms with E-state index in [2.05, 4.69) is 15.9 Å². The highest BCUT2D eigenvalue weighted by molar-refractivity contribution is 9.10. The summed E-state index contributed by atoms with van der Waals surface area (Å²) in [5.41, 5.74) is -0.971. The summed E-state index contributed by atoms with van der Waals surface area (Å²) in [5, 5.41) is 27.7. The van der Waals surface area contributed by atoms with Gasteiger partial charge in [0.25, 0.3) is 0 Å². The van der Waals surface area contributed by atoms with Gasteiger partial charge in [-0.25, -0.2) is 0 Å². The first-order valence-corrected chi connectivity index (χ1v) is 5.90. The first-order chi connectivity index (χ1) is 8.27. The van der Waals surface area contributed by atoms with E-state index in [-0.39, 0.29) is 23.1 Å². The summed E-state index contributed by atoms with van der Waals surface area (Å²) < 4.78 is 37.7. The van der Waals surface area contributed by atoms with Crippen LogP contribution in [0.2, 0.25) is 0 Å². The van der Waals surface area contributed by atoms with Gasteiger partial charge < -0.3 is 15.3 Å². The van der Waals surface area contributed by atoms with Gasteiger partial charge in [0.1, 0.15) is 6.10 Å². The van der Waals surface area contributed by atoms with Crippen LogP contribution < -0.4 is 0 Å². The molecule has 0 spiro atoms. The predicted octanol–water partition coefficient (Wildman–Crippen LogP) is 2.24. The van der Waals surface area contributed by atoms with Crippen molar-refractivity contribution in [1.82, 2.24) is 0 Å². The summed E-state index contributed by atoms with van der Waals surface area (Å²) in [4.78, 5) is 0. The summed E-state index contributed by atoms with van der Waals surface area (Å²) in [6.45, 7) is -0.360. The van der Waals surface area contributed by atoms with Crippen LogP contribution in [0.4, 0.5) is 13.2 Å². The van der Waals surface area contributed by atoms with Crippen LogP contribution in [-0.2, 0) is 6.18 Å². The van der Waals surface area contributed by atoms with Gasteiger partial charge in [0, 0.05) is 11.1 Å². The second kappa shape index (κ2) is 6.01. The number of aliphatic hydroxyl groups is 3. The Morgan fingerprint density at radius 3 is 2.33 bits per heavy atom. The maximum atomic E-state index is 12.6. The van der Waals surface area contributed by atoms with E-state index in [4.69, 9.17) is 5.11 Å². The van der Waals surface area contributed by atoms with E-state index < -0.39 is 23.9 Å². The number of hydrogen-bond donors (Lipinski definition) is 3. The molecule has 0 saturated carbocycles. The third kappa shape index (κ3) is 3.68. The molecule has 0 aromatic heterocycles. The van der Waals surface area contributed by atoms with Gasteiger partial charge in [0.15, 0.2) is 0 Å². The molecule has 102 valence electrons. The van der Waals surface area contributed by atoms with Crippen LogP contribution in [0.25, 0.3) is 0 Å². The molecule has 0 aliphatic heterocycles. The Morgan fingerprint density at radius 1 is 1.22 bits per heavy atom. The van der Waals surface area contributed by atoms with Crippen molar-refractivity contribution in [2.24, 2.45) is 0 Å². The van der Waals surface area contributed by atoms with Crippen molar-refractivity contribution in [3.8, 4) is 0 Å². The van der Waals surface area contributed by atoms with Crippen molar-refractivity contribution in [2.75, 3.05) is 6.61 Å². The van der Waals surface area contributed by atoms with E-state index in [1.54, 1.807) is 0 Å². The third-order valence-electron chi connectivity index (χ3n) is 2.43. The minimum absolute atomic E-state index is 0.0496. The van der Waals surface area contributed by atoms with Crippen molar-refractivity contribution in [1.29, 1.82) is 0 Å². The molecule has 0 radical (unpaired) electrons. The topological polar surface area (TPSA) is 60.7 Å². The molecule has 1 rings (SSSR count). The fourth-order valence-electron chi connectivity index (χ4n) is 1.46. The number of aliphatic hydroxyl groups excluding tert-OH is 3. The highest BCUT2D eigenvalue weighted by Gasteiger charge is 2.34. The van der Waals surface area contributed by atoms with Crippen LogP contribution >= 0.6 is 15.9 Å². The van der Waals surface area contributed by atoms with Crippen molar-refractivity contribution in [3.63, 3.8) is 0 Å². The standard InChI is InChI=1S/C11H12BrF3O3/c12-8-2-1-6(5-7(8)11(13,14)15)10(18)9(17)3-4-16/h1-2,5,9-10,16-18H,3-4H2. The molecular formula is C11H12BrF3O3. The van der Waals surface area contributed by atoms with Gasteiger partial charge in [-0.15, -0.1) is 0 Å². The lowest BCUT2D eigenvalue weighted by Gasteiger charge is -2.19. The van der Waals surface area contributed by atoms with Gasteiger partial charge in [-0.2, -0.15) is 13.2 Å². The number of rotatable bonds is 4. The van der Waals surface area contributed by atoms with Gasteiger partial charge in [-0.3, -0.25) is 0 Å². The summed E-state index contributed by atoms with van der Waals surface area (Å²) in [6.07, 6.45) is -7.43. The fourth-order valence-corrected chi connectivity index (χ4v) is 1.93. The van der Waals surface area contributed by atoms with Gasteiger partial charge in [0.2, 0.25) is 0 Å². The van der Waals surface area contributed by atoms with E-state index in [0.717, 1.165) is 12.1 Å². The lowest BCUT2D eigenvalue weighted by Crippen LogP contribution is -2.20. The summed E-state index contributed by atoms with van der Waals surface area (Å²) in [7, 11) is 0. The Hall–Kier alpha value is -0.630. The molecular weight excluding hydrogens is 317 g/mol. The summed E-state index contributed by atoms with van der Waals surface area (Å²) in [5.74, 6) is 0. The second-order valence-electron chi connectivity index (χ2n) is 3.76. The Labute approximate surface area is 110 Å². The van der Waals surface area contributed by atoms with Gasteiger partial charge in [-0.05, 0) is 24.1 Å². The van der Waals surface area contributed by atoms with Crippen molar-refractivity contribution < 1.29 is 28.5 Å². The molecule has 3 nitrogen and oxygen atoms in total. The van der Waals surface area contributed by atoms with Crippen LogP contribution in [0, 0.1) is 0 Å². The number of alkyl halides is 3. The first-order valence-electron chi connectivity index (χ1n) is 5.11. The van der Waals surface area contributed by atoms with E-state index in [0.29, 0.717) is 0 Å². The minimum Gasteiger partial charge on any atom is -0.396 e. The maximum Gasteiger partial charge on any atom is 0.417 e. The van der Waals surface area contributed by atoms with Crippen LogP contribution in [-0.4, -0.2) is 28.0 Å². The Morgan fingerprint density at radius 2 is 1.83 bits per heavy atom. The Kier molecular flexibility index (Phi) is 5.15. The van der Waals surface area contributed by atoms with E-state index >= 15 is 0 Å². The maximum absolute atomic E-state index is 12.6. The largest absolute Gasteiger partial charge is 0.417 e. The Balaban J connectivity index is 3.05. The highest BCUT2D eigenvalue weighted by Crippen LogP contribution is 2.36. The summed E-state index contributed by atoms with van der Waals surface area (Å²) in [6, 6.07) is 3.22. The normalized spacial score (nSPS) is 15.5. The van der Waals surface area contributed by atoms with Crippen LogP contribution in [0.1, 0.15) is 23.7 Å². The quantitative estimate of drug-likeness (QED) is 0.794. The molecule has 1 aromatic rings. The van der Waals surface area contributed by atoms with E-state index in [1.165, 1.54) is 6.07 Å². The smallest absolute Gasteiger partial charge is 0.396 e. The predicted molar refractivity (Wildman–Crippen MR) is 61.8 cm³/mol. The molecule has 0 fully saturated rings. The molecule has 18 heavy (non-hydrogen) atoms. The zero-order chi connectivity index (χ0) is 13.9. The van der Waals surface area contributed by atoms with Crippen molar-refractivity contribution in [2.45, 2.75) is 24.8 Å². The Bertz CT molecular complexity index is 409. The fraction of sp³-hybridized carbons (Fsp3) is 0.455. The molecule has 1 aromatic carbocycles. The zero-order valence-electron chi connectivity index (χ0n) is 9.15. The molecule has 0 amide bonds. The average molecular weight is 329 g/mol. The number of benzene rings is 1. The average Bonchev–Trinajstić information content (AvgIpc) is 2.27. The molecule has 2 atom stereocenters. The SMILES string of the molecule is OCCC(O)C(O)c1ccc(Br)c(C(F)(F)F)c1. The molecule has 0 heterocycles. The summed E-state index contributed by atoms with van der Waals surface area (Å²) >= 11 is 2.78. The number of hydrogen-bond acceptors (Lipinski definition) is 3. The van der Waals surface area contributed by atoms with Crippen LogP contribution in [0.15, 0.2) is 22.7 Å². The molecule has 7 heteroatoms. The molecule has 0 bridgehead atoms. The molecule has 2 unspecified atom stereocenters. The van der Waals surface area contributed by atoms with Crippen LogP contribution in [0.5, 0.6) is 0 Å². The van der Waals surface area contributed by atoms with Gasteiger partial charge in [-0.1, -0.05) is 22.0 Å². The van der Waals surface area contributed by atoms with Crippen molar-refractivity contribution >= 4 is 15.9 Å². The van der Waals surface area contributed by atoms with E-state index in [9.17, 15) is 23.4 Å². The first kappa shape index (κ1) is 15.4. The molecule has 3 N–H and O–H groups in total. The van der Waals surface area contributed by atoms with Crippen molar-refractivity contribution in [3.05, 3.63) is 33.8 Å². The lowest BCUT2D eigenvalue weighted by molar-refractivity contribution is -0.138. The second-order valence-corrected chi connectivity index (χ2v) is 4.62.